The van der Waals surface area contributed by atoms with Gasteiger partial charge in [0.15, 0.2) is 4.80 Å². The molecule has 1 unspecified atom stereocenters. The number of nitrogens with zero attached hydrogens (tertiary/aromatic N) is 2. The summed E-state index contributed by atoms with van der Waals surface area (Å²) in [6.45, 7) is 6.06. The van der Waals surface area contributed by atoms with Crippen LogP contribution in [0.25, 0.3) is 17.4 Å². The highest BCUT2D eigenvalue weighted by Gasteiger charge is 2.32. The highest BCUT2D eigenvalue weighted by Crippen LogP contribution is 2.35. The van der Waals surface area contributed by atoms with Crippen LogP contribution in [-0.2, 0) is 4.79 Å². The van der Waals surface area contributed by atoms with Gasteiger partial charge >= 0.3 is 0 Å². The molecule has 0 fully saturated rings. The van der Waals surface area contributed by atoms with Crippen molar-refractivity contribution in [3.63, 3.8) is 0 Å². The van der Waals surface area contributed by atoms with Gasteiger partial charge < -0.3 is 9.73 Å². The Morgan fingerprint density at radius 2 is 1.74 bits per heavy atom. The highest BCUT2D eigenvalue weighted by molar-refractivity contribution is 7.07. The molecule has 43 heavy (non-hydrogen) atoms. The van der Waals surface area contributed by atoms with Gasteiger partial charge in [0.2, 0.25) is 0 Å². The fourth-order valence-electron chi connectivity index (χ4n) is 5.11. The van der Waals surface area contributed by atoms with Gasteiger partial charge in [-0.3, -0.25) is 14.2 Å². The summed E-state index contributed by atoms with van der Waals surface area (Å²) >= 11 is 13.8. The fourth-order valence-corrected chi connectivity index (χ4v) is 6.53. The molecule has 3 heterocycles. The first-order chi connectivity index (χ1) is 20.7. The molecule has 0 saturated heterocycles. The number of rotatable bonds is 6. The average Bonchev–Trinajstić information content (AvgIpc) is 3.58. The Morgan fingerprint density at radius 3 is 2.47 bits per heavy atom. The maximum Gasteiger partial charge on any atom is 0.271 e. The van der Waals surface area contributed by atoms with Gasteiger partial charge in [-0.05, 0) is 60.4 Å². The summed E-state index contributed by atoms with van der Waals surface area (Å²) < 4.78 is 8.08. The van der Waals surface area contributed by atoms with Crippen LogP contribution in [0.15, 0.2) is 110 Å². The van der Waals surface area contributed by atoms with E-state index in [1.165, 1.54) is 16.9 Å². The van der Waals surface area contributed by atoms with Crippen molar-refractivity contribution in [1.82, 2.24) is 4.57 Å². The monoisotopic (exact) mass is 627 g/mol. The van der Waals surface area contributed by atoms with E-state index in [0.717, 1.165) is 5.56 Å². The van der Waals surface area contributed by atoms with E-state index in [-0.39, 0.29) is 11.5 Å². The molecular weight excluding hydrogens is 601 g/mol. The summed E-state index contributed by atoms with van der Waals surface area (Å²) in [6.07, 6.45) is 1.69. The second-order valence-corrected chi connectivity index (χ2v) is 12.3. The lowest BCUT2D eigenvalue weighted by Gasteiger charge is -2.25. The molecule has 1 aliphatic rings. The van der Waals surface area contributed by atoms with Gasteiger partial charge in [0, 0.05) is 17.3 Å². The Bertz CT molecular complexity index is 2060. The Labute approximate surface area is 262 Å². The molecule has 0 bridgehead atoms. The van der Waals surface area contributed by atoms with E-state index in [9.17, 15) is 9.59 Å². The highest BCUT2D eigenvalue weighted by atomic mass is 35.5. The maximum absolute atomic E-state index is 14.0. The Kier molecular flexibility index (Phi) is 7.97. The number of aromatic nitrogens is 1. The molecule has 6 rings (SSSR count). The summed E-state index contributed by atoms with van der Waals surface area (Å²) in [5.41, 5.74) is 4.00. The van der Waals surface area contributed by atoms with Crippen molar-refractivity contribution in [2.75, 3.05) is 5.32 Å². The van der Waals surface area contributed by atoms with Crippen molar-refractivity contribution in [1.29, 1.82) is 0 Å². The van der Waals surface area contributed by atoms with Crippen LogP contribution in [-0.4, -0.2) is 10.5 Å². The van der Waals surface area contributed by atoms with Crippen LogP contribution in [0, 0.1) is 0 Å². The normalized spacial score (nSPS) is 15.0. The predicted octanol–water partition coefficient (Wildman–Crippen LogP) is 7.56. The molecule has 0 aliphatic carbocycles. The van der Waals surface area contributed by atoms with Crippen LogP contribution < -0.4 is 20.2 Å². The molecule has 9 heteroatoms. The van der Waals surface area contributed by atoms with Crippen molar-refractivity contribution in [3.8, 4) is 11.3 Å². The third kappa shape index (κ3) is 5.64. The summed E-state index contributed by atoms with van der Waals surface area (Å²) in [5, 5.41) is 3.80. The number of carbonyl (C=O) groups is 1. The van der Waals surface area contributed by atoms with E-state index in [1.54, 1.807) is 41.8 Å². The fraction of sp³-hybridized carbons (Fsp3) is 0.147. The van der Waals surface area contributed by atoms with E-state index in [1.807, 2.05) is 60.7 Å². The second kappa shape index (κ2) is 11.8. The van der Waals surface area contributed by atoms with Crippen LogP contribution in [0.3, 0.4) is 0 Å². The van der Waals surface area contributed by atoms with E-state index in [0.29, 0.717) is 59.3 Å². The largest absolute Gasteiger partial charge is 0.457 e. The van der Waals surface area contributed by atoms with Gasteiger partial charge in [0.25, 0.3) is 11.5 Å². The number of amides is 1. The van der Waals surface area contributed by atoms with Crippen molar-refractivity contribution < 1.29 is 9.21 Å². The molecule has 216 valence electrons. The lowest BCUT2D eigenvalue weighted by molar-refractivity contribution is -0.113. The number of hydrogen-bond acceptors (Lipinski definition) is 5. The predicted molar refractivity (Wildman–Crippen MR) is 174 cm³/mol. The molecule has 1 N–H and O–H groups in total. The van der Waals surface area contributed by atoms with Crippen LogP contribution in [0.4, 0.5) is 5.69 Å². The molecule has 1 aliphatic heterocycles. The number of furan rings is 1. The van der Waals surface area contributed by atoms with Gasteiger partial charge in [-0.15, -0.1) is 0 Å². The topological polar surface area (TPSA) is 76.6 Å². The number of halogens is 2. The SMILES string of the molecule is CC1=C(C(=O)Nc2ccccc2)C(c2ccc(C(C)C)cc2)n2c(s/c(=C\c3ccc(-c4cccc(Cl)c4Cl)o3)c2=O)=N1. The maximum atomic E-state index is 14.0. The minimum Gasteiger partial charge on any atom is -0.457 e. The van der Waals surface area contributed by atoms with E-state index < -0.39 is 6.04 Å². The van der Waals surface area contributed by atoms with Crippen molar-refractivity contribution in [2.24, 2.45) is 4.99 Å². The number of anilines is 1. The number of benzene rings is 3. The minimum atomic E-state index is -0.666. The van der Waals surface area contributed by atoms with E-state index in [2.05, 4.69) is 19.2 Å². The molecule has 5 aromatic rings. The Balaban J connectivity index is 1.46. The van der Waals surface area contributed by atoms with Gasteiger partial charge in [0.1, 0.15) is 11.5 Å². The summed E-state index contributed by atoms with van der Waals surface area (Å²) in [4.78, 5) is 33.0. The third-order valence-electron chi connectivity index (χ3n) is 7.33. The van der Waals surface area contributed by atoms with Gasteiger partial charge in [-0.1, -0.05) is 96.9 Å². The molecule has 3 aromatic carbocycles. The summed E-state index contributed by atoms with van der Waals surface area (Å²) in [7, 11) is 0. The second-order valence-electron chi connectivity index (χ2n) is 10.5. The standard InChI is InChI=1S/C34H27Cl2N3O3S/c1-19(2)21-12-14-22(15-13-21)31-29(32(40)38-23-8-5-4-6-9-23)20(3)37-34-39(31)33(41)28(43-34)18-24-16-17-27(42-24)25-10-7-11-26(35)30(25)36/h4-19,31H,1-3H3,(H,38,40)/b28-18-. The number of nitrogens with one attached hydrogen (secondary N) is 1. The first kappa shape index (κ1) is 28.9. The zero-order chi connectivity index (χ0) is 30.2. The van der Waals surface area contributed by atoms with Crippen LogP contribution in [0.2, 0.25) is 10.0 Å². The number of thiazole rings is 1. The van der Waals surface area contributed by atoms with Crippen molar-refractivity contribution >= 4 is 52.2 Å². The van der Waals surface area contributed by atoms with E-state index >= 15 is 0 Å². The summed E-state index contributed by atoms with van der Waals surface area (Å²) in [6, 6.07) is 25.5. The number of carbonyl (C=O) groups excluding carboxylic acids is 1. The minimum absolute atomic E-state index is 0.266. The quantitative estimate of drug-likeness (QED) is 0.211. The van der Waals surface area contributed by atoms with E-state index in [4.69, 9.17) is 32.6 Å². The van der Waals surface area contributed by atoms with Crippen LogP contribution in [0.1, 0.15) is 49.6 Å². The molecule has 0 spiro atoms. The molecule has 0 saturated carbocycles. The van der Waals surface area contributed by atoms with Crippen molar-refractivity contribution in [2.45, 2.75) is 32.7 Å². The number of allylic oxidation sites excluding steroid dienone is 1. The molecule has 1 amide bonds. The number of fused-ring (bicyclic) bond motifs is 1. The first-order valence-electron chi connectivity index (χ1n) is 13.7. The smallest absolute Gasteiger partial charge is 0.271 e. The number of para-hydroxylation sites is 1. The molecule has 0 radical (unpaired) electrons. The Morgan fingerprint density at radius 1 is 1.00 bits per heavy atom. The Hall–Kier alpha value is -4.17. The van der Waals surface area contributed by atoms with Gasteiger partial charge in [0.05, 0.1) is 31.9 Å². The zero-order valence-electron chi connectivity index (χ0n) is 23.6. The zero-order valence-corrected chi connectivity index (χ0v) is 25.9. The van der Waals surface area contributed by atoms with Gasteiger partial charge in [-0.2, -0.15) is 0 Å². The molecule has 2 aromatic heterocycles. The lowest BCUT2D eigenvalue weighted by Crippen LogP contribution is -2.40. The average molecular weight is 629 g/mol. The summed E-state index contributed by atoms with van der Waals surface area (Å²) in [5.74, 6) is 1.04. The van der Waals surface area contributed by atoms with Crippen LogP contribution in [0.5, 0.6) is 0 Å². The van der Waals surface area contributed by atoms with Crippen molar-refractivity contribution in [3.05, 3.63) is 143 Å². The number of hydrogen-bond donors (Lipinski definition) is 1. The van der Waals surface area contributed by atoms with Crippen LogP contribution >= 0.6 is 34.5 Å². The third-order valence-corrected chi connectivity index (χ3v) is 9.14. The first-order valence-corrected chi connectivity index (χ1v) is 15.3. The molecular formula is C34H27Cl2N3O3S. The lowest BCUT2D eigenvalue weighted by atomic mass is 9.93. The van der Waals surface area contributed by atoms with Gasteiger partial charge in [-0.25, -0.2) is 4.99 Å². The molecule has 6 nitrogen and oxygen atoms in total. The molecule has 1 atom stereocenters.